The number of fused-ring (bicyclic) bond motifs is 1. The van der Waals surface area contributed by atoms with Crippen molar-refractivity contribution in [1.29, 1.82) is 0 Å². The quantitative estimate of drug-likeness (QED) is 0.387. The summed E-state index contributed by atoms with van der Waals surface area (Å²) < 4.78 is 42.9. The number of halogens is 1. The molecule has 0 saturated heterocycles. The van der Waals surface area contributed by atoms with Gasteiger partial charge in [-0.05, 0) is 55.7 Å². The first-order valence-electron chi connectivity index (χ1n) is 10.3. The number of rotatable bonds is 8. The minimum Gasteiger partial charge on any atom is -0.352 e. The molecule has 0 fully saturated rings. The van der Waals surface area contributed by atoms with Crippen LogP contribution in [0.2, 0.25) is 0 Å². The summed E-state index contributed by atoms with van der Waals surface area (Å²) in [6.07, 6.45) is 5.12. The van der Waals surface area contributed by atoms with Crippen molar-refractivity contribution in [3.8, 4) is 0 Å². The third-order valence-corrected chi connectivity index (χ3v) is 6.33. The van der Waals surface area contributed by atoms with E-state index in [2.05, 4.69) is 20.1 Å². The van der Waals surface area contributed by atoms with Crippen LogP contribution in [0.25, 0.3) is 5.65 Å². The van der Waals surface area contributed by atoms with Gasteiger partial charge in [0.1, 0.15) is 10.7 Å². The largest absolute Gasteiger partial charge is 0.352 e. The molecule has 8 nitrogen and oxygen atoms in total. The summed E-state index contributed by atoms with van der Waals surface area (Å²) in [4.78, 5) is 16.4. The number of carbonyl (C=O) groups excluding carboxylic acids is 1. The Labute approximate surface area is 190 Å². The lowest BCUT2D eigenvalue weighted by atomic mass is 10.1. The number of nitrogens with one attached hydrogen (secondary N) is 2. The van der Waals surface area contributed by atoms with Crippen LogP contribution in [0.1, 0.15) is 28.0 Å². The minimum atomic E-state index is -4.12. The molecule has 33 heavy (non-hydrogen) atoms. The summed E-state index contributed by atoms with van der Waals surface area (Å²) in [6.45, 7) is 2.34. The second-order valence-corrected chi connectivity index (χ2v) is 9.18. The summed E-state index contributed by atoms with van der Waals surface area (Å²) >= 11 is 0. The molecule has 10 heteroatoms. The van der Waals surface area contributed by atoms with E-state index < -0.39 is 20.7 Å². The van der Waals surface area contributed by atoms with Crippen LogP contribution in [-0.4, -0.2) is 35.5 Å². The van der Waals surface area contributed by atoms with Crippen LogP contribution in [0.4, 0.5) is 10.1 Å². The van der Waals surface area contributed by atoms with E-state index in [0.29, 0.717) is 24.9 Å². The van der Waals surface area contributed by atoms with E-state index in [4.69, 9.17) is 0 Å². The predicted octanol–water partition coefficient (Wildman–Crippen LogP) is 3.34. The molecule has 0 aliphatic heterocycles. The first-order chi connectivity index (χ1) is 15.8. The molecule has 0 radical (unpaired) electrons. The average Bonchev–Trinajstić information content (AvgIpc) is 3.16. The summed E-state index contributed by atoms with van der Waals surface area (Å²) in [5.41, 5.74) is 3.14. The van der Waals surface area contributed by atoms with Gasteiger partial charge >= 0.3 is 0 Å². The molecule has 0 aliphatic carbocycles. The monoisotopic (exact) mass is 467 g/mol. The summed E-state index contributed by atoms with van der Waals surface area (Å²) in [6, 6.07) is 13.0. The molecule has 0 spiro atoms. The fraction of sp³-hybridized carbons (Fsp3) is 0.174. The van der Waals surface area contributed by atoms with Crippen molar-refractivity contribution in [3.05, 3.63) is 89.6 Å². The Hall–Kier alpha value is -3.79. The zero-order chi connectivity index (χ0) is 23.4. The molecule has 0 atom stereocenters. The standard InChI is InChI=1S/C23H22FN5O3S/c1-16-12-22-26-14-17(15-29(22)27-16)6-5-11-25-23(30)18-7-4-8-19(13-18)28-33(31,32)21-10-3-2-9-20(21)24/h2-4,7-10,12-15,28H,5-6,11H2,1H3,(H,25,30). The van der Waals surface area contributed by atoms with Gasteiger partial charge in [-0.15, -0.1) is 0 Å². The molecule has 0 bridgehead atoms. The second-order valence-electron chi connectivity index (χ2n) is 7.53. The van der Waals surface area contributed by atoms with E-state index in [-0.39, 0.29) is 11.6 Å². The number of anilines is 1. The van der Waals surface area contributed by atoms with E-state index in [0.717, 1.165) is 23.0 Å². The van der Waals surface area contributed by atoms with Gasteiger partial charge in [0.2, 0.25) is 0 Å². The first kappa shape index (κ1) is 22.4. The Balaban J connectivity index is 1.34. The lowest BCUT2D eigenvalue weighted by Crippen LogP contribution is -2.25. The van der Waals surface area contributed by atoms with Gasteiger partial charge in [-0.2, -0.15) is 5.10 Å². The third kappa shape index (κ3) is 5.35. The van der Waals surface area contributed by atoms with Crippen molar-refractivity contribution in [3.63, 3.8) is 0 Å². The van der Waals surface area contributed by atoms with Gasteiger partial charge in [0, 0.05) is 36.3 Å². The van der Waals surface area contributed by atoms with E-state index in [1.165, 1.54) is 30.3 Å². The van der Waals surface area contributed by atoms with Crippen molar-refractivity contribution in [2.75, 3.05) is 11.3 Å². The number of amides is 1. The number of sulfonamides is 1. The van der Waals surface area contributed by atoms with E-state index in [1.54, 1.807) is 22.8 Å². The van der Waals surface area contributed by atoms with Crippen molar-refractivity contribution >= 4 is 27.3 Å². The van der Waals surface area contributed by atoms with E-state index in [1.807, 2.05) is 19.2 Å². The summed E-state index contributed by atoms with van der Waals surface area (Å²) in [5, 5.41) is 7.16. The highest BCUT2D eigenvalue weighted by Gasteiger charge is 2.19. The van der Waals surface area contributed by atoms with Crippen LogP contribution in [0.5, 0.6) is 0 Å². The Bertz CT molecular complexity index is 1420. The number of carbonyl (C=O) groups is 1. The fourth-order valence-corrected chi connectivity index (χ4v) is 4.49. The van der Waals surface area contributed by atoms with E-state index in [9.17, 15) is 17.6 Å². The third-order valence-electron chi connectivity index (χ3n) is 4.92. The van der Waals surface area contributed by atoms with Crippen LogP contribution in [-0.2, 0) is 16.4 Å². The van der Waals surface area contributed by atoms with Crippen LogP contribution < -0.4 is 10.0 Å². The number of hydrogen-bond acceptors (Lipinski definition) is 5. The van der Waals surface area contributed by atoms with Gasteiger partial charge in [-0.1, -0.05) is 18.2 Å². The maximum atomic E-state index is 13.9. The van der Waals surface area contributed by atoms with Crippen molar-refractivity contribution in [2.45, 2.75) is 24.7 Å². The Kier molecular flexibility index (Phi) is 6.36. The molecule has 2 heterocycles. The molecule has 0 aliphatic rings. The lowest BCUT2D eigenvalue weighted by molar-refractivity contribution is 0.0953. The maximum Gasteiger partial charge on any atom is 0.264 e. The zero-order valence-electron chi connectivity index (χ0n) is 17.8. The number of nitrogens with zero attached hydrogens (tertiary/aromatic N) is 3. The van der Waals surface area contributed by atoms with Gasteiger partial charge in [-0.25, -0.2) is 22.3 Å². The van der Waals surface area contributed by atoms with Crippen LogP contribution in [0.15, 0.2) is 71.9 Å². The van der Waals surface area contributed by atoms with Crippen LogP contribution in [0.3, 0.4) is 0 Å². The molecule has 4 aromatic rings. The highest BCUT2D eigenvalue weighted by Crippen LogP contribution is 2.19. The molecule has 0 unspecified atom stereocenters. The highest BCUT2D eigenvalue weighted by molar-refractivity contribution is 7.92. The topological polar surface area (TPSA) is 105 Å². The number of aromatic nitrogens is 3. The number of hydrogen-bond donors (Lipinski definition) is 2. The van der Waals surface area contributed by atoms with Crippen molar-refractivity contribution < 1.29 is 17.6 Å². The Morgan fingerprint density at radius 2 is 1.94 bits per heavy atom. The normalized spacial score (nSPS) is 11.5. The van der Waals surface area contributed by atoms with Crippen molar-refractivity contribution in [1.82, 2.24) is 19.9 Å². The van der Waals surface area contributed by atoms with Gasteiger partial charge in [0.05, 0.1) is 5.69 Å². The minimum absolute atomic E-state index is 0.166. The lowest BCUT2D eigenvalue weighted by Gasteiger charge is -2.10. The number of benzene rings is 2. The summed E-state index contributed by atoms with van der Waals surface area (Å²) in [5.74, 6) is -1.19. The summed E-state index contributed by atoms with van der Waals surface area (Å²) in [7, 11) is -4.12. The fourth-order valence-electron chi connectivity index (χ4n) is 3.36. The number of aryl methyl sites for hydroxylation is 2. The average molecular weight is 468 g/mol. The van der Waals surface area contributed by atoms with Gasteiger partial charge in [-0.3, -0.25) is 9.52 Å². The Morgan fingerprint density at radius 1 is 1.12 bits per heavy atom. The SMILES string of the molecule is Cc1cc2ncc(CCCNC(=O)c3cccc(NS(=O)(=O)c4ccccc4F)c3)cn2n1. The molecule has 2 aromatic heterocycles. The Morgan fingerprint density at radius 3 is 2.76 bits per heavy atom. The van der Waals surface area contributed by atoms with Gasteiger partial charge < -0.3 is 5.32 Å². The molecule has 2 N–H and O–H groups in total. The molecule has 4 rings (SSSR count). The maximum absolute atomic E-state index is 13.9. The highest BCUT2D eigenvalue weighted by atomic mass is 32.2. The first-order valence-corrected chi connectivity index (χ1v) is 11.8. The molecular formula is C23H22FN5O3S. The molecular weight excluding hydrogens is 445 g/mol. The van der Waals surface area contributed by atoms with Crippen molar-refractivity contribution in [2.24, 2.45) is 0 Å². The van der Waals surface area contributed by atoms with Crippen LogP contribution >= 0.6 is 0 Å². The molecule has 2 aromatic carbocycles. The van der Waals surface area contributed by atoms with Gasteiger partial charge in [0.15, 0.2) is 5.65 Å². The molecule has 170 valence electrons. The predicted molar refractivity (Wildman–Crippen MR) is 122 cm³/mol. The van der Waals surface area contributed by atoms with Gasteiger partial charge in [0.25, 0.3) is 15.9 Å². The van der Waals surface area contributed by atoms with Crippen LogP contribution in [0, 0.1) is 12.7 Å². The second kappa shape index (κ2) is 9.37. The smallest absolute Gasteiger partial charge is 0.264 e. The molecule has 1 amide bonds. The van der Waals surface area contributed by atoms with E-state index >= 15 is 0 Å². The zero-order valence-corrected chi connectivity index (χ0v) is 18.6. The molecule has 0 saturated carbocycles.